The van der Waals surface area contributed by atoms with Crippen LogP contribution < -0.4 is 0 Å². The fraction of sp³-hybridized carbons (Fsp3) is 0.591. The Kier molecular flexibility index (Phi) is 5.32. The number of piperidine rings is 1. The number of aromatic nitrogens is 1. The summed E-state index contributed by atoms with van der Waals surface area (Å²) < 4.78 is 13.2. The number of fused-ring (bicyclic) bond motifs is 1. The number of amides is 1. The first kappa shape index (κ1) is 19.6. The molecule has 1 aromatic heterocycles. The highest BCUT2D eigenvalue weighted by molar-refractivity contribution is 6.31. The van der Waals surface area contributed by atoms with Crippen LogP contribution in [0.25, 0.3) is 10.9 Å². The zero-order valence-electron chi connectivity index (χ0n) is 16.9. The van der Waals surface area contributed by atoms with Crippen molar-refractivity contribution in [2.75, 3.05) is 26.3 Å². The van der Waals surface area contributed by atoms with E-state index in [2.05, 4.69) is 22.9 Å². The van der Waals surface area contributed by atoms with Crippen LogP contribution in [0.3, 0.4) is 0 Å². The summed E-state index contributed by atoms with van der Waals surface area (Å²) in [6.07, 6.45) is 3.98. The van der Waals surface area contributed by atoms with Gasteiger partial charge in [0.15, 0.2) is 0 Å². The molecule has 2 saturated heterocycles. The zero-order chi connectivity index (χ0) is 19.9. The number of rotatable bonds is 3. The summed E-state index contributed by atoms with van der Waals surface area (Å²) in [4.78, 5) is 14.2. The summed E-state index contributed by atoms with van der Waals surface area (Å²) in [5.74, 6) is 1.02. The molecule has 0 N–H and O–H groups in total. The maximum atomic E-state index is 12.3. The van der Waals surface area contributed by atoms with E-state index in [0.717, 1.165) is 50.7 Å². The monoisotopic (exact) mass is 404 g/mol. The molecule has 1 amide bonds. The fourth-order valence-corrected chi connectivity index (χ4v) is 4.31. The number of benzene rings is 1. The standard InChI is InChI=1S/C22H29ClN2O3/c1-22(2,3)28-21(26)24-8-6-16(7-9-24)19-12-25(11-15-13-27-14-15)20-5-4-17(23)10-18(19)20/h4-5,10,12,15-16H,6-9,11,13-14H2,1-3H3. The van der Waals surface area contributed by atoms with Crippen molar-refractivity contribution in [2.24, 2.45) is 5.92 Å². The van der Waals surface area contributed by atoms with Crippen LogP contribution in [0.1, 0.15) is 45.1 Å². The molecular formula is C22H29ClN2O3. The second kappa shape index (κ2) is 7.60. The van der Waals surface area contributed by atoms with Gasteiger partial charge in [-0.15, -0.1) is 0 Å². The summed E-state index contributed by atoms with van der Waals surface area (Å²) in [7, 11) is 0. The van der Waals surface area contributed by atoms with Crippen molar-refractivity contribution in [3.8, 4) is 0 Å². The maximum absolute atomic E-state index is 12.3. The normalized spacial score (nSPS) is 19.1. The number of halogens is 1. The number of hydrogen-bond acceptors (Lipinski definition) is 3. The predicted molar refractivity (Wildman–Crippen MR) is 111 cm³/mol. The van der Waals surface area contributed by atoms with E-state index in [1.807, 2.05) is 31.7 Å². The highest BCUT2D eigenvalue weighted by Gasteiger charge is 2.29. The van der Waals surface area contributed by atoms with E-state index < -0.39 is 5.60 Å². The first-order valence-corrected chi connectivity index (χ1v) is 10.5. The van der Waals surface area contributed by atoms with Gasteiger partial charge in [-0.25, -0.2) is 4.79 Å². The molecule has 4 rings (SSSR count). The summed E-state index contributed by atoms with van der Waals surface area (Å²) in [6.45, 7) is 9.84. The third kappa shape index (κ3) is 4.15. The average molecular weight is 405 g/mol. The second-order valence-corrected chi connectivity index (χ2v) is 9.48. The molecule has 5 nitrogen and oxygen atoms in total. The molecule has 3 heterocycles. The van der Waals surface area contributed by atoms with Gasteiger partial charge in [0.05, 0.1) is 13.2 Å². The molecule has 0 saturated carbocycles. The lowest BCUT2D eigenvalue weighted by Gasteiger charge is -2.33. The number of nitrogens with zero attached hydrogens (tertiary/aromatic N) is 2. The summed E-state index contributed by atoms with van der Waals surface area (Å²) in [6, 6.07) is 6.17. The predicted octanol–water partition coefficient (Wildman–Crippen LogP) is 5.06. The van der Waals surface area contributed by atoms with Crippen LogP contribution in [0.15, 0.2) is 24.4 Å². The SMILES string of the molecule is CC(C)(C)OC(=O)N1CCC(c2cn(CC3COC3)c3ccc(Cl)cc23)CC1. The van der Waals surface area contributed by atoms with Gasteiger partial charge in [0, 0.05) is 47.7 Å². The van der Waals surface area contributed by atoms with Crippen molar-refractivity contribution in [3.63, 3.8) is 0 Å². The quantitative estimate of drug-likeness (QED) is 0.718. The molecule has 0 bridgehead atoms. The van der Waals surface area contributed by atoms with Gasteiger partial charge in [0.2, 0.25) is 0 Å². The van der Waals surface area contributed by atoms with Gasteiger partial charge in [0.25, 0.3) is 0 Å². The number of carbonyl (C=O) groups excluding carboxylic acids is 1. The van der Waals surface area contributed by atoms with Crippen molar-refractivity contribution >= 4 is 28.6 Å². The van der Waals surface area contributed by atoms with Crippen LogP contribution in [-0.2, 0) is 16.0 Å². The Labute approximate surface area is 171 Å². The molecule has 0 aliphatic carbocycles. The average Bonchev–Trinajstić information content (AvgIpc) is 2.94. The Morgan fingerprint density at radius 3 is 2.57 bits per heavy atom. The molecule has 2 aliphatic heterocycles. The van der Waals surface area contributed by atoms with E-state index in [4.69, 9.17) is 21.1 Å². The molecule has 2 fully saturated rings. The molecule has 0 atom stereocenters. The maximum Gasteiger partial charge on any atom is 0.410 e. The van der Waals surface area contributed by atoms with E-state index in [-0.39, 0.29) is 6.09 Å². The van der Waals surface area contributed by atoms with E-state index in [1.54, 1.807) is 0 Å². The van der Waals surface area contributed by atoms with Crippen molar-refractivity contribution in [1.29, 1.82) is 0 Å². The minimum atomic E-state index is -0.455. The minimum Gasteiger partial charge on any atom is -0.444 e. The van der Waals surface area contributed by atoms with Gasteiger partial charge in [-0.1, -0.05) is 11.6 Å². The van der Waals surface area contributed by atoms with Crippen molar-refractivity contribution < 1.29 is 14.3 Å². The largest absolute Gasteiger partial charge is 0.444 e. The molecule has 0 radical (unpaired) electrons. The van der Waals surface area contributed by atoms with Crippen LogP contribution in [0.4, 0.5) is 4.79 Å². The van der Waals surface area contributed by atoms with E-state index >= 15 is 0 Å². The number of carbonyl (C=O) groups is 1. The smallest absolute Gasteiger partial charge is 0.410 e. The fourth-order valence-electron chi connectivity index (χ4n) is 4.14. The summed E-state index contributed by atoms with van der Waals surface area (Å²) in [5.41, 5.74) is 2.13. The topological polar surface area (TPSA) is 43.7 Å². The molecule has 0 unspecified atom stereocenters. The molecule has 6 heteroatoms. The van der Waals surface area contributed by atoms with Crippen LogP contribution in [-0.4, -0.2) is 47.5 Å². The Balaban J connectivity index is 1.51. The molecule has 152 valence electrons. The van der Waals surface area contributed by atoms with Crippen molar-refractivity contribution in [3.05, 3.63) is 35.0 Å². The van der Waals surface area contributed by atoms with E-state index in [0.29, 0.717) is 11.8 Å². The van der Waals surface area contributed by atoms with Gasteiger partial charge in [0.1, 0.15) is 5.60 Å². The van der Waals surface area contributed by atoms with Crippen molar-refractivity contribution in [2.45, 2.75) is 51.7 Å². The zero-order valence-corrected chi connectivity index (χ0v) is 17.7. The van der Waals surface area contributed by atoms with Gasteiger partial charge in [-0.3, -0.25) is 0 Å². The highest BCUT2D eigenvalue weighted by atomic mass is 35.5. The summed E-state index contributed by atoms with van der Waals surface area (Å²) >= 11 is 6.31. The lowest BCUT2D eigenvalue weighted by molar-refractivity contribution is -0.0389. The third-order valence-electron chi connectivity index (χ3n) is 5.62. The number of likely N-dealkylation sites (tertiary alicyclic amines) is 1. The Hall–Kier alpha value is -1.72. The molecule has 1 aromatic carbocycles. The first-order valence-electron chi connectivity index (χ1n) is 10.1. The van der Waals surface area contributed by atoms with Crippen LogP contribution in [0.5, 0.6) is 0 Å². The number of hydrogen-bond donors (Lipinski definition) is 0. The molecule has 2 aromatic rings. The molecule has 2 aliphatic rings. The Bertz CT molecular complexity index is 859. The van der Waals surface area contributed by atoms with Gasteiger partial charge < -0.3 is 18.9 Å². The highest BCUT2D eigenvalue weighted by Crippen LogP contribution is 2.36. The minimum absolute atomic E-state index is 0.207. The first-order chi connectivity index (χ1) is 13.3. The van der Waals surface area contributed by atoms with Crippen LogP contribution >= 0.6 is 11.6 Å². The third-order valence-corrected chi connectivity index (χ3v) is 5.86. The van der Waals surface area contributed by atoms with Gasteiger partial charge in [-0.05, 0) is 63.3 Å². The van der Waals surface area contributed by atoms with E-state index in [9.17, 15) is 4.79 Å². The van der Waals surface area contributed by atoms with Crippen LogP contribution in [0.2, 0.25) is 5.02 Å². The lowest BCUT2D eigenvalue weighted by Crippen LogP contribution is -2.41. The molecular weight excluding hydrogens is 376 g/mol. The van der Waals surface area contributed by atoms with Crippen LogP contribution in [0, 0.1) is 5.92 Å². The lowest BCUT2D eigenvalue weighted by atomic mass is 9.89. The molecule has 0 spiro atoms. The van der Waals surface area contributed by atoms with E-state index in [1.165, 1.54) is 16.5 Å². The Morgan fingerprint density at radius 1 is 1.25 bits per heavy atom. The van der Waals surface area contributed by atoms with Gasteiger partial charge >= 0.3 is 6.09 Å². The second-order valence-electron chi connectivity index (χ2n) is 9.04. The van der Waals surface area contributed by atoms with Crippen molar-refractivity contribution in [1.82, 2.24) is 9.47 Å². The van der Waals surface area contributed by atoms with Gasteiger partial charge in [-0.2, -0.15) is 0 Å². The summed E-state index contributed by atoms with van der Waals surface area (Å²) in [5, 5.41) is 2.01. The Morgan fingerprint density at radius 2 is 1.96 bits per heavy atom. The number of ether oxygens (including phenoxy) is 2. The molecule has 28 heavy (non-hydrogen) atoms.